The van der Waals surface area contributed by atoms with Crippen LogP contribution in [0.15, 0.2) is 36.4 Å². The zero-order chi connectivity index (χ0) is 21.3. The lowest BCUT2D eigenvalue weighted by Gasteiger charge is -2.22. The van der Waals surface area contributed by atoms with Crippen molar-refractivity contribution < 1.29 is 23.8 Å². The highest BCUT2D eigenvalue weighted by Gasteiger charge is 2.38. The topological polar surface area (TPSA) is 77.1 Å². The number of anilines is 1. The number of rotatable bonds is 6. The van der Waals surface area contributed by atoms with Gasteiger partial charge in [0.15, 0.2) is 6.10 Å². The zero-order valence-corrected chi connectivity index (χ0v) is 17.4. The average molecular weight is 410 g/mol. The molecule has 0 bridgehead atoms. The molecule has 2 aromatic rings. The fourth-order valence-electron chi connectivity index (χ4n) is 3.64. The van der Waals surface area contributed by atoms with Crippen LogP contribution < -0.4 is 19.5 Å². The Morgan fingerprint density at radius 3 is 2.43 bits per heavy atom. The predicted molar refractivity (Wildman–Crippen MR) is 112 cm³/mol. The van der Waals surface area contributed by atoms with Crippen molar-refractivity contribution in [3.63, 3.8) is 0 Å². The van der Waals surface area contributed by atoms with E-state index in [1.807, 2.05) is 24.0 Å². The number of amides is 2. The highest BCUT2D eigenvalue weighted by molar-refractivity contribution is 6.05. The highest BCUT2D eigenvalue weighted by atomic mass is 16.5. The molecule has 0 aromatic heterocycles. The number of ether oxygens (including phenoxy) is 3. The third-order valence-corrected chi connectivity index (χ3v) is 5.46. The van der Waals surface area contributed by atoms with E-state index in [1.54, 1.807) is 38.5 Å². The Kier molecular flexibility index (Phi) is 5.53. The standard InChI is InChI=1S/C23H26N2O5/c1-4-20-23(27)25(17-6-7-17)13-15-9-16(5-8-21(15)30-20)24-22(26)14-10-18(28-2)12-19(11-14)29-3/h5,8-12,17,20H,4,6-7,13H2,1-3H3,(H,24,26). The van der Waals surface area contributed by atoms with Crippen LogP contribution in [-0.4, -0.2) is 43.1 Å². The first-order valence-electron chi connectivity index (χ1n) is 10.2. The second kappa shape index (κ2) is 8.26. The minimum absolute atomic E-state index is 0.0465. The van der Waals surface area contributed by atoms with Crippen LogP contribution in [0.2, 0.25) is 0 Å². The lowest BCUT2D eigenvalue weighted by molar-refractivity contribution is -0.139. The zero-order valence-electron chi connectivity index (χ0n) is 17.4. The molecule has 0 saturated heterocycles. The number of hydrogen-bond acceptors (Lipinski definition) is 5. The van der Waals surface area contributed by atoms with Crippen molar-refractivity contribution in [2.24, 2.45) is 0 Å². The maximum absolute atomic E-state index is 12.8. The van der Waals surface area contributed by atoms with Gasteiger partial charge in [0.05, 0.1) is 14.2 Å². The smallest absolute Gasteiger partial charge is 0.264 e. The molecule has 1 saturated carbocycles. The van der Waals surface area contributed by atoms with E-state index in [-0.39, 0.29) is 11.8 Å². The number of fused-ring (bicyclic) bond motifs is 1. The van der Waals surface area contributed by atoms with Gasteiger partial charge >= 0.3 is 0 Å². The Labute approximate surface area is 175 Å². The molecular weight excluding hydrogens is 384 g/mol. The fraction of sp³-hybridized carbons (Fsp3) is 0.391. The van der Waals surface area contributed by atoms with Gasteiger partial charge in [-0.05, 0) is 49.6 Å². The third kappa shape index (κ3) is 4.06. The molecule has 1 heterocycles. The minimum atomic E-state index is -0.462. The number of hydrogen-bond donors (Lipinski definition) is 1. The SMILES string of the molecule is CCC1Oc2ccc(NC(=O)c3cc(OC)cc(OC)c3)cc2CN(C2CC2)C1=O. The largest absolute Gasteiger partial charge is 0.497 e. The first-order valence-corrected chi connectivity index (χ1v) is 10.2. The molecule has 1 aliphatic heterocycles. The van der Waals surface area contributed by atoms with Crippen molar-refractivity contribution in [3.8, 4) is 17.2 Å². The molecule has 0 spiro atoms. The van der Waals surface area contributed by atoms with Crippen molar-refractivity contribution in [1.82, 2.24) is 4.90 Å². The lowest BCUT2D eigenvalue weighted by Crippen LogP contribution is -2.40. The lowest BCUT2D eigenvalue weighted by atomic mass is 10.1. The number of carbonyl (C=O) groups is 2. The van der Waals surface area contributed by atoms with E-state index < -0.39 is 6.10 Å². The van der Waals surface area contributed by atoms with Gasteiger partial charge in [-0.15, -0.1) is 0 Å². The van der Waals surface area contributed by atoms with Crippen LogP contribution >= 0.6 is 0 Å². The number of nitrogens with one attached hydrogen (secondary N) is 1. The van der Waals surface area contributed by atoms with Crippen molar-refractivity contribution in [3.05, 3.63) is 47.5 Å². The van der Waals surface area contributed by atoms with Crippen molar-refractivity contribution >= 4 is 17.5 Å². The summed E-state index contributed by atoms with van der Waals surface area (Å²) >= 11 is 0. The molecule has 4 rings (SSSR count). The summed E-state index contributed by atoms with van der Waals surface area (Å²) in [7, 11) is 3.08. The Morgan fingerprint density at radius 2 is 1.83 bits per heavy atom. The summed E-state index contributed by atoms with van der Waals surface area (Å²) in [4.78, 5) is 27.5. The molecule has 1 atom stereocenters. The van der Waals surface area contributed by atoms with E-state index in [0.29, 0.717) is 47.5 Å². The third-order valence-electron chi connectivity index (χ3n) is 5.46. The normalized spacial score (nSPS) is 18.2. The van der Waals surface area contributed by atoms with E-state index in [4.69, 9.17) is 14.2 Å². The summed E-state index contributed by atoms with van der Waals surface area (Å²) in [5.41, 5.74) is 1.97. The van der Waals surface area contributed by atoms with Crippen LogP contribution in [0.5, 0.6) is 17.2 Å². The minimum Gasteiger partial charge on any atom is -0.497 e. The maximum atomic E-state index is 12.8. The first kappa shape index (κ1) is 20.1. The second-order valence-electron chi connectivity index (χ2n) is 7.59. The monoisotopic (exact) mass is 410 g/mol. The molecule has 158 valence electrons. The van der Waals surface area contributed by atoms with Crippen molar-refractivity contribution in [1.29, 1.82) is 0 Å². The van der Waals surface area contributed by atoms with Crippen molar-refractivity contribution in [2.75, 3.05) is 19.5 Å². The first-order chi connectivity index (χ1) is 14.5. The highest BCUT2D eigenvalue weighted by Crippen LogP contribution is 2.35. The van der Waals surface area contributed by atoms with Crippen LogP contribution in [0.4, 0.5) is 5.69 Å². The Hall–Kier alpha value is -3.22. The van der Waals surface area contributed by atoms with Gasteiger partial charge in [0, 0.05) is 35.5 Å². The molecule has 2 aromatic carbocycles. The second-order valence-corrected chi connectivity index (χ2v) is 7.59. The van der Waals surface area contributed by atoms with E-state index in [2.05, 4.69) is 5.32 Å². The van der Waals surface area contributed by atoms with Crippen LogP contribution in [0.1, 0.15) is 42.1 Å². The van der Waals surface area contributed by atoms with Gasteiger partial charge in [-0.25, -0.2) is 0 Å². The molecule has 2 aliphatic rings. The van der Waals surface area contributed by atoms with Gasteiger partial charge in [-0.1, -0.05) is 6.92 Å². The maximum Gasteiger partial charge on any atom is 0.264 e. The van der Waals surface area contributed by atoms with E-state index >= 15 is 0 Å². The average Bonchev–Trinajstić information content (AvgIpc) is 3.61. The Balaban J connectivity index is 1.58. The molecule has 1 unspecified atom stereocenters. The summed E-state index contributed by atoms with van der Waals surface area (Å²) in [6.07, 6.45) is 2.23. The van der Waals surface area contributed by atoms with Gasteiger partial charge in [0.2, 0.25) is 0 Å². The number of nitrogens with zero attached hydrogens (tertiary/aromatic N) is 1. The Bertz CT molecular complexity index is 948. The van der Waals surface area contributed by atoms with Gasteiger partial charge in [0.1, 0.15) is 17.2 Å². The molecule has 1 fully saturated rings. The van der Waals surface area contributed by atoms with Gasteiger partial charge in [-0.2, -0.15) is 0 Å². The number of carbonyl (C=O) groups excluding carboxylic acids is 2. The van der Waals surface area contributed by atoms with Gasteiger partial charge in [-0.3, -0.25) is 9.59 Å². The molecule has 1 aliphatic carbocycles. The van der Waals surface area contributed by atoms with Crippen LogP contribution in [-0.2, 0) is 11.3 Å². The number of methoxy groups -OCH3 is 2. The molecule has 7 nitrogen and oxygen atoms in total. The molecule has 1 N–H and O–H groups in total. The summed E-state index contributed by atoms with van der Waals surface area (Å²) in [5, 5.41) is 2.92. The van der Waals surface area contributed by atoms with Gasteiger partial charge in [0.25, 0.3) is 11.8 Å². The molecule has 0 radical (unpaired) electrons. The summed E-state index contributed by atoms with van der Waals surface area (Å²) in [5.74, 6) is 1.55. The van der Waals surface area contributed by atoms with Crippen molar-refractivity contribution in [2.45, 2.75) is 44.9 Å². The fourth-order valence-corrected chi connectivity index (χ4v) is 3.64. The summed E-state index contributed by atoms with van der Waals surface area (Å²) in [6, 6.07) is 10.8. The number of benzene rings is 2. The van der Waals surface area contributed by atoms with Crippen LogP contribution in [0.3, 0.4) is 0 Å². The molecular formula is C23H26N2O5. The quantitative estimate of drug-likeness (QED) is 0.787. The molecule has 7 heteroatoms. The molecule has 2 amide bonds. The van der Waals surface area contributed by atoms with E-state index in [9.17, 15) is 9.59 Å². The Morgan fingerprint density at radius 1 is 1.13 bits per heavy atom. The van der Waals surface area contributed by atoms with Crippen LogP contribution in [0.25, 0.3) is 0 Å². The molecule has 30 heavy (non-hydrogen) atoms. The van der Waals surface area contributed by atoms with Crippen LogP contribution in [0, 0.1) is 0 Å². The summed E-state index contributed by atoms with van der Waals surface area (Å²) in [6.45, 7) is 2.45. The predicted octanol–water partition coefficient (Wildman–Crippen LogP) is 3.62. The summed E-state index contributed by atoms with van der Waals surface area (Å²) < 4.78 is 16.5. The van der Waals surface area contributed by atoms with E-state index in [0.717, 1.165) is 18.4 Å². The van der Waals surface area contributed by atoms with E-state index in [1.165, 1.54) is 0 Å². The van der Waals surface area contributed by atoms with Gasteiger partial charge < -0.3 is 24.4 Å².